The summed E-state index contributed by atoms with van der Waals surface area (Å²) in [5.41, 5.74) is 11.6. The van der Waals surface area contributed by atoms with E-state index in [9.17, 15) is 14.7 Å². The molecule has 0 aliphatic heterocycles. The predicted octanol–water partition coefficient (Wildman–Crippen LogP) is 5.31. The first-order valence-electron chi connectivity index (χ1n) is 12.1. The summed E-state index contributed by atoms with van der Waals surface area (Å²) in [5, 5.41) is 9.36. The molecule has 182 valence electrons. The summed E-state index contributed by atoms with van der Waals surface area (Å²) in [5.74, 6) is -0.875. The van der Waals surface area contributed by atoms with Gasteiger partial charge < -0.3 is 20.0 Å². The van der Waals surface area contributed by atoms with Crippen molar-refractivity contribution in [3.63, 3.8) is 0 Å². The van der Waals surface area contributed by atoms with Gasteiger partial charge in [-0.1, -0.05) is 61.4 Å². The molecule has 2 aliphatic carbocycles. The molecule has 1 aromatic heterocycles. The van der Waals surface area contributed by atoms with Gasteiger partial charge in [0.2, 0.25) is 5.76 Å². The molecule has 1 amide bonds. The van der Waals surface area contributed by atoms with Crippen molar-refractivity contribution >= 4 is 12.1 Å². The van der Waals surface area contributed by atoms with Crippen LogP contribution in [0.2, 0.25) is 0 Å². The summed E-state index contributed by atoms with van der Waals surface area (Å²) in [6.07, 6.45) is 3.15. The number of aromatic carboxylic acids is 1. The quantitative estimate of drug-likeness (QED) is 0.502. The molecule has 0 bridgehead atoms. The van der Waals surface area contributed by atoms with Crippen molar-refractivity contribution in [2.45, 2.75) is 57.2 Å². The lowest BCUT2D eigenvalue weighted by atomic mass is 9.90. The van der Waals surface area contributed by atoms with Crippen molar-refractivity contribution in [1.29, 1.82) is 0 Å². The smallest absolute Gasteiger partial charge is 0.410 e. The number of carboxylic acid groups (broad SMARTS) is 1. The van der Waals surface area contributed by atoms with Gasteiger partial charge in [0.05, 0.1) is 12.6 Å². The fourth-order valence-electron chi connectivity index (χ4n) is 5.53. The number of amides is 1. The number of carboxylic acids is 1. The van der Waals surface area contributed by atoms with E-state index in [1.54, 1.807) is 17.9 Å². The van der Waals surface area contributed by atoms with Crippen LogP contribution in [0.5, 0.6) is 0 Å². The number of hydrogen-bond donors (Lipinski definition) is 2. The number of ether oxygens (including phenoxy) is 1. The van der Waals surface area contributed by atoms with Gasteiger partial charge in [-0.3, -0.25) is 4.90 Å². The Hall–Kier alpha value is -3.58. The molecule has 1 saturated carbocycles. The predicted molar refractivity (Wildman–Crippen MR) is 131 cm³/mol. The molecule has 5 rings (SSSR count). The molecular formula is C28H30N2O5. The molecule has 7 nitrogen and oxygen atoms in total. The number of nitrogens with two attached hydrogens (primary N) is 1. The van der Waals surface area contributed by atoms with Crippen molar-refractivity contribution in [3.05, 3.63) is 82.8 Å². The van der Waals surface area contributed by atoms with Crippen LogP contribution in [0.25, 0.3) is 11.1 Å². The van der Waals surface area contributed by atoms with Gasteiger partial charge in [-0.05, 0) is 48.1 Å². The van der Waals surface area contributed by atoms with E-state index in [2.05, 4.69) is 24.3 Å². The molecule has 0 spiro atoms. The zero-order chi connectivity index (χ0) is 24.5. The second kappa shape index (κ2) is 9.58. The molecule has 2 aliphatic rings. The number of nitrogens with zero attached hydrogens (tertiary/aromatic N) is 1. The highest BCUT2D eigenvalue weighted by atomic mass is 16.6. The molecular weight excluding hydrogens is 444 g/mol. The van der Waals surface area contributed by atoms with Crippen molar-refractivity contribution in [2.24, 2.45) is 5.73 Å². The van der Waals surface area contributed by atoms with Crippen LogP contribution in [0, 0.1) is 6.92 Å². The molecule has 2 aromatic carbocycles. The fourth-order valence-corrected chi connectivity index (χ4v) is 5.53. The van der Waals surface area contributed by atoms with Gasteiger partial charge in [-0.2, -0.15) is 0 Å². The number of carbonyl (C=O) groups excluding carboxylic acids is 1. The number of furan rings is 1. The maximum absolute atomic E-state index is 13.5. The zero-order valence-corrected chi connectivity index (χ0v) is 19.8. The van der Waals surface area contributed by atoms with Gasteiger partial charge in [0, 0.05) is 17.5 Å². The third-order valence-electron chi connectivity index (χ3n) is 7.24. The number of hydrogen-bond acceptors (Lipinski definition) is 5. The molecule has 1 fully saturated rings. The van der Waals surface area contributed by atoms with Crippen LogP contribution < -0.4 is 5.73 Å². The Morgan fingerprint density at radius 3 is 2.29 bits per heavy atom. The van der Waals surface area contributed by atoms with Crippen LogP contribution in [0.3, 0.4) is 0 Å². The number of carbonyl (C=O) groups is 2. The Labute approximate surface area is 204 Å². The van der Waals surface area contributed by atoms with Gasteiger partial charge >= 0.3 is 12.1 Å². The average Bonchev–Trinajstić information content (AvgIpc) is 3.39. The summed E-state index contributed by atoms with van der Waals surface area (Å²) in [6, 6.07) is 17.7. The first-order valence-corrected chi connectivity index (χ1v) is 12.1. The zero-order valence-electron chi connectivity index (χ0n) is 19.8. The Kier molecular flexibility index (Phi) is 6.34. The molecule has 1 heterocycles. The maximum atomic E-state index is 13.5. The Morgan fingerprint density at radius 2 is 1.69 bits per heavy atom. The van der Waals surface area contributed by atoms with Crippen molar-refractivity contribution in [1.82, 2.24) is 4.90 Å². The molecule has 0 unspecified atom stereocenters. The SMILES string of the molecule is Cc1cc(CN(C(=O)OCC2c3ccccc3-c3ccccc32)[C@@H]2CCCC[C@H]2N)oc1C(=O)O. The standard InChI is InChI=1S/C28H30N2O5/c1-17-14-18(35-26(17)27(31)32)15-30(25-13-7-6-12-24(25)29)28(33)34-16-23-21-10-4-2-8-19(21)20-9-3-5-11-22(20)23/h2-5,8-11,14,23-25H,6-7,12-13,15-16,29H2,1H3,(H,31,32)/t24-,25-/m1/s1. The number of rotatable bonds is 6. The van der Waals surface area contributed by atoms with Crippen LogP contribution in [0.1, 0.15) is 64.6 Å². The van der Waals surface area contributed by atoms with E-state index in [1.807, 2.05) is 24.3 Å². The van der Waals surface area contributed by atoms with Gasteiger partial charge in [-0.15, -0.1) is 0 Å². The summed E-state index contributed by atoms with van der Waals surface area (Å²) >= 11 is 0. The first-order chi connectivity index (χ1) is 16.9. The van der Waals surface area contributed by atoms with Crippen LogP contribution in [-0.2, 0) is 11.3 Å². The number of benzene rings is 2. The molecule has 7 heteroatoms. The second-order valence-electron chi connectivity index (χ2n) is 9.48. The molecule has 35 heavy (non-hydrogen) atoms. The van der Waals surface area contributed by atoms with Crippen LogP contribution in [0.15, 0.2) is 59.0 Å². The van der Waals surface area contributed by atoms with Gasteiger partial charge in [0.15, 0.2) is 0 Å². The van der Waals surface area contributed by atoms with Crippen LogP contribution >= 0.6 is 0 Å². The van der Waals surface area contributed by atoms with Crippen molar-refractivity contribution in [3.8, 4) is 11.1 Å². The molecule has 0 radical (unpaired) electrons. The Balaban J connectivity index is 1.38. The summed E-state index contributed by atoms with van der Waals surface area (Å²) in [4.78, 5) is 26.6. The Morgan fingerprint density at radius 1 is 1.06 bits per heavy atom. The van der Waals surface area contributed by atoms with E-state index < -0.39 is 12.1 Å². The molecule has 3 N–H and O–H groups in total. The Bertz CT molecular complexity index is 1200. The van der Waals surface area contributed by atoms with Gasteiger partial charge in [-0.25, -0.2) is 9.59 Å². The highest BCUT2D eigenvalue weighted by Gasteiger charge is 2.35. The maximum Gasteiger partial charge on any atom is 0.410 e. The van der Waals surface area contributed by atoms with Crippen molar-refractivity contribution < 1.29 is 23.8 Å². The lowest BCUT2D eigenvalue weighted by Gasteiger charge is -2.37. The minimum atomic E-state index is -1.13. The van der Waals surface area contributed by atoms with E-state index in [0.717, 1.165) is 36.8 Å². The number of aryl methyl sites for hydroxylation is 1. The molecule has 3 aromatic rings. The lowest BCUT2D eigenvalue weighted by Crippen LogP contribution is -2.51. The topological polar surface area (TPSA) is 106 Å². The van der Waals surface area contributed by atoms with Gasteiger partial charge in [0.1, 0.15) is 12.4 Å². The molecule has 0 saturated heterocycles. The van der Waals surface area contributed by atoms with E-state index in [1.165, 1.54) is 11.1 Å². The largest absolute Gasteiger partial charge is 0.475 e. The molecule has 2 atom stereocenters. The van der Waals surface area contributed by atoms with Crippen molar-refractivity contribution in [2.75, 3.05) is 6.61 Å². The highest BCUT2D eigenvalue weighted by molar-refractivity contribution is 5.86. The highest BCUT2D eigenvalue weighted by Crippen LogP contribution is 2.44. The summed E-state index contributed by atoms with van der Waals surface area (Å²) < 4.78 is 11.5. The van der Waals surface area contributed by atoms with E-state index in [-0.39, 0.29) is 36.9 Å². The summed E-state index contributed by atoms with van der Waals surface area (Å²) in [7, 11) is 0. The minimum Gasteiger partial charge on any atom is -0.475 e. The van der Waals surface area contributed by atoms with Crippen LogP contribution in [0.4, 0.5) is 4.79 Å². The normalized spacial score (nSPS) is 19.1. The lowest BCUT2D eigenvalue weighted by molar-refractivity contribution is 0.0606. The second-order valence-corrected chi connectivity index (χ2v) is 9.48. The average molecular weight is 475 g/mol. The van der Waals surface area contributed by atoms with Gasteiger partial charge in [0.25, 0.3) is 0 Å². The van der Waals surface area contributed by atoms with E-state index >= 15 is 0 Å². The van der Waals surface area contributed by atoms with Crippen LogP contribution in [-0.4, -0.2) is 40.8 Å². The third-order valence-corrected chi connectivity index (χ3v) is 7.24. The first kappa shape index (κ1) is 23.2. The number of fused-ring (bicyclic) bond motifs is 3. The monoisotopic (exact) mass is 474 g/mol. The van der Waals surface area contributed by atoms with E-state index in [4.69, 9.17) is 14.9 Å². The van der Waals surface area contributed by atoms with E-state index in [0.29, 0.717) is 11.3 Å². The summed E-state index contributed by atoms with van der Waals surface area (Å²) in [6.45, 7) is 2.01. The third kappa shape index (κ3) is 4.44. The minimum absolute atomic E-state index is 0.0438. The fraction of sp³-hybridized carbons (Fsp3) is 0.357.